The van der Waals surface area contributed by atoms with Gasteiger partial charge < -0.3 is 14.9 Å². The number of benzene rings is 1. The predicted octanol–water partition coefficient (Wildman–Crippen LogP) is 2.30. The first kappa shape index (κ1) is 18.5. The summed E-state index contributed by atoms with van der Waals surface area (Å²) in [5, 5.41) is 10.0. The third-order valence-corrected chi connectivity index (χ3v) is 4.34. The average molecular weight is 332 g/mol. The standard InChI is InChI=1S/C19H28N2O3/c1-4-20(14-19(2,3)24)18(23)16-12-8-9-13-21(16)17(22)15-10-6-5-7-11-15/h5-7,10-11,16,24H,4,8-9,12-14H2,1-3H3. The second-order valence-corrected chi connectivity index (χ2v) is 7.04. The summed E-state index contributed by atoms with van der Waals surface area (Å²) in [5.74, 6) is -0.156. The number of rotatable bonds is 5. The highest BCUT2D eigenvalue weighted by Crippen LogP contribution is 2.22. The average Bonchev–Trinajstić information content (AvgIpc) is 2.58. The van der Waals surface area contributed by atoms with Crippen LogP contribution in [0.3, 0.4) is 0 Å². The molecule has 0 radical (unpaired) electrons. The highest BCUT2D eigenvalue weighted by molar-refractivity contribution is 5.97. The van der Waals surface area contributed by atoms with E-state index in [2.05, 4.69) is 0 Å². The fraction of sp³-hybridized carbons (Fsp3) is 0.579. The van der Waals surface area contributed by atoms with Gasteiger partial charge >= 0.3 is 0 Å². The van der Waals surface area contributed by atoms with Crippen molar-refractivity contribution < 1.29 is 14.7 Å². The van der Waals surface area contributed by atoms with Gasteiger partial charge in [-0.15, -0.1) is 0 Å². The third kappa shape index (κ3) is 4.57. The first-order valence-corrected chi connectivity index (χ1v) is 8.70. The molecule has 1 N–H and O–H groups in total. The van der Waals surface area contributed by atoms with Gasteiger partial charge in [0.15, 0.2) is 0 Å². The van der Waals surface area contributed by atoms with Crippen molar-refractivity contribution in [1.29, 1.82) is 0 Å². The Bertz CT molecular complexity index is 566. The van der Waals surface area contributed by atoms with Crippen molar-refractivity contribution in [1.82, 2.24) is 9.80 Å². The Morgan fingerprint density at radius 2 is 1.92 bits per heavy atom. The summed E-state index contributed by atoms with van der Waals surface area (Å²) in [7, 11) is 0. The molecule has 24 heavy (non-hydrogen) atoms. The molecule has 2 rings (SSSR count). The van der Waals surface area contributed by atoms with E-state index < -0.39 is 11.6 Å². The van der Waals surface area contributed by atoms with Crippen LogP contribution in [0.15, 0.2) is 30.3 Å². The first-order valence-electron chi connectivity index (χ1n) is 8.70. The minimum atomic E-state index is -0.950. The number of hydrogen-bond donors (Lipinski definition) is 1. The molecular weight excluding hydrogens is 304 g/mol. The molecule has 0 aliphatic carbocycles. The summed E-state index contributed by atoms with van der Waals surface area (Å²) in [6, 6.07) is 8.67. The summed E-state index contributed by atoms with van der Waals surface area (Å²) in [5.41, 5.74) is -0.336. The summed E-state index contributed by atoms with van der Waals surface area (Å²) in [4.78, 5) is 29.1. The van der Waals surface area contributed by atoms with Crippen molar-refractivity contribution in [3.63, 3.8) is 0 Å². The number of carbonyl (C=O) groups is 2. The normalized spacial score (nSPS) is 18.3. The van der Waals surface area contributed by atoms with Gasteiger partial charge in [-0.2, -0.15) is 0 Å². The van der Waals surface area contributed by atoms with Crippen LogP contribution < -0.4 is 0 Å². The van der Waals surface area contributed by atoms with E-state index in [-0.39, 0.29) is 18.4 Å². The maximum atomic E-state index is 13.0. The molecular formula is C19H28N2O3. The Labute approximate surface area is 144 Å². The van der Waals surface area contributed by atoms with Crippen LogP contribution >= 0.6 is 0 Å². The van der Waals surface area contributed by atoms with E-state index in [4.69, 9.17) is 0 Å². The number of likely N-dealkylation sites (tertiary alicyclic amines) is 1. The highest BCUT2D eigenvalue weighted by Gasteiger charge is 2.35. The summed E-state index contributed by atoms with van der Waals surface area (Å²) < 4.78 is 0. The second kappa shape index (κ2) is 7.79. The number of nitrogens with zero attached hydrogens (tertiary/aromatic N) is 2. The number of amides is 2. The van der Waals surface area contributed by atoms with Crippen molar-refractivity contribution in [2.45, 2.75) is 51.7 Å². The minimum Gasteiger partial charge on any atom is -0.389 e. The number of hydrogen-bond acceptors (Lipinski definition) is 3. The lowest BCUT2D eigenvalue weighted by molar-refractivity contribution is -0.140. The van der Waals surface area contributed by atoms with Gasteiger partial charge in [0.2, 0.25) is 5.91 Å². The number of likely N-dealkylation sites (N-methyl/N-ethyl adjacent to an activating group) is 1. The molecule has 0 spiro atoms. The first-order chi connectivity index (χ1) is 11.3. The van der Waals surface area contributed by atoms with Crippen LogP contribution in [0, 0.1) is 0 Å². The van der Waals surface area contributed by atoms with Crippen molar-refractivity contribution in [2.24, 2.45) is 0 Å². The molecule has 1 fully saturated rings. The molecule has 2 amide bonds. The van der Waals surface area contributed by atoms with E-state index in [1.807, 2.05) is 25.1 Å². The zero-order valence-corrected chi connectivity index (χ0v) is 14.9. The van der Waals surface area contributed by atoms with E-state index in [0.717, 1.165) is 12.8 Å². The third-order valence-electron chi connectivity index (χ3n) is 4.34. The van der Waals surface area contributed by atoms with Crippen LogP contribution in [0.25, 0.3) is 0 Å². The Kier molecular flexibility index (Phi) is 5.99. The summed E-state index contributed by atoms with van der Waals surface area (Å²) in [6.45, 7) is 6.67. The summed E-state index contributed by atoms with van der Waals surface area (Å²) >= 11 is 0. The van der Waals surface area contributed by atoms with Crippen molar-refractivity contribution in [3.8, 4) is 0 Å². The monoisotopic (exact) mass is 332 g/mol. The van der Waals surface area contributed by atoms with Crippen molar-refractivity contribution in [3.05, 3.63) is 35.9 Å². The lowest BCUT2D eigenvalue weighted by atomic mass is 9.98. The molecule has 1 aromatic carbocycles. The van der Waals surface area contributed by atoms with E-state index in [0.29, 0.717) is 25.1 Å². The van der Waals surface area contributed by atoms with Crippen LogP contribution in [0.4, 0.5) is 0 Å². The predicted molar refractivity (Wildman–Crippen MR) is 93.7 cm³/mol. The molecule has 1 aliphatic heterocycles. The number of piperidine rings is 1. The van der Waals surface area contributed by atoms with Gasteiger partial charge in [0.1, 0.15) is 6.04 Å². The number of aliphatic hydroxyl groups is 1. The fourth-order valence-corrected chi connectivity index (χ4v) is 3.20. The van der Waals surface area contributed by atoms with Crippen LogP contribution in [0.2, 0.25) is 0 Å². The van der Waals surface area contributed by atoms with Crippen LogP contribution in [0.1, 0.15) is 50.4 Å². The van der Waals surface area contributed by atoms with Gasteiger partial charge in [-0.25, -0.2) is 0 Å². The van der Waals surface area contributed by atoms with Crippen molar-refractivity contribution >= 4 is 11.8 Å². The number of carbonyl (C=O) groups excluding carboxylic acids is 2. The van der Waals surface area contributed by atoms with Gasteiger partial charge in [-0.3, -0.25) is 9.59 Å². The maximum Gasteiger partial charge on any atom is 0.254 e. The van der Waals surface area contributed by atoms with Gasteiger partial charge in [-0.05, 0) is 52.2 Å². The van der Waals surface area contributed by atoms with Crippen molar-refractivity contribution in [2.75, 3.05) is 19.6 Å². The molecule has 0 aromatic heterocycles. The van der Waals surface area contributed by atoms with E-state index in [1.54, 1.807) is 35.8 Å². The van der Waals surface area contributed by atoms with Gasteiger partial charge in [-0.1, -0.05) is 18.2 Å². The molecule has 1 saturated heterocycles. The molecule has 1 aliphatic rings. The van der Waals surface area contributed by atoms with Gasteiger partial charge in [0, 0.05) is 25.2 Å². The van der Waals surface area contributed by atoms with Crippen LogP contribution in [0.5, 0.6) is 0 Å². The van der Waals surface area contributed by atoms with Crippen LogP contribution in [-0.4, -0.2) is 58.0 Å². The second-order valence-electron chi connectivity index (χ2n) is 7.04. The zero-order valence-electron chi connectivity index (χ0n) is 14.9. The van der Waals surface area contributed by atoms with E-state index >= 15 is 0 Å². The minimum absolute atomic E-state index is 0.0661. The maximum absolute atomic E-state index is 13.0. The molecule has 1 aromatic rings. The smallest absolute Gasteiger partial charge is 0.254 e. The fourth-order valence-electron chi connectivity index (χ4n) is 3.20. The molecule has 1 atom stereocenters. The lowest BCUT2D eigenvalue weighted by Crippen LogP contribution is -2.55. The highest BCUT2D eigenvalue weighted by atomic mass is 16.3. The SMILES string of the molecule is CCN(CC(C)(C)O)C(=O)C1CCCCN1C(=O)c1ccccc1. The molecule has 0 bridgehead atoms. The van der Waals surface area contributed by atoms with Gasteiger partial charge in [0.25, 0.3) is 5.91 Å². The lowest BCUT2D eigenvalue weighted by Gasteiger charge is -2.39. The Balaban J connectivity index is 2.19. The molecule has 0 saturated carbocycles. The van der Waals surface area contributed by atoms with Gasteiger partial charge in [0.05, 0.1) is 5.60 Å². The Morgan fingerprint density at radius 1 is 1.25 bits per heavy atom. The Hall–Kier alpha value is -1.88. The molecule has 1 unspecified atom stereocenters. The molecule has 132 valence electrons. The van der Waals surface area contributed by atoms with E-state index in [9.17, 15) is 14.7 Å². The van der Waals surface area contributed by atoms with Crippen LogP contribution in [-0.2, 0) is 4.79 Å². The summed E-state index contributed by atoms with van der Waals surface area (Å²) in [6.07, 6.45) is 2.54. The topological polar surface area (TPSA) is 60.9 Å². The Morgan fingerprint density at radius 3 is 2.50 bits per heavy atom. The largest absolute Gasteiger partial charge is 0.389 e. The van der Waals surface area contributed by atoms with E-state index in [1.165, 1.54) is 0 Å². The zero-order chi connectivity index (χ0) is 17.7. The molecule has 5 nitrogen and oxygen atoms in total. The quantitative estimate of drug-likeness (QED) is 0.900. The molecule has 1 heterocycles. The molecule has 5 heteroatoms.